The van der Waals surface area contributed by atoms with Gasteiger partial charge >= 0.3 is 5.69 Å². The molecule has 1 heterocycles. The number of nitrogens with one attached hydrogen (secondary N) is 1. The van der Waals surface area contributed by atoms with Crippen LogP contribution in [0.15, 0.2) is 71.6 Å². The highest BCUT2D eigenvalue weighted by Gasteiger charge is 2.11. The first-order chi connectivity index (χ1) is 12.7. The fourth-order valence-electron chi connectivity index (χ4n) is 2.59. The number of nitrogens with zero attached hydrogens (tertiary/aromatic N) is 2. The molecule has 0 bridgehead atoms. The van der Waals surface area contributed by atoms with Crippen molar-refractivity contribution < 1.29 is 9.13 Å². The minimum Gasteiger partial charge on any atom is -0.489 e. The van der Waals surface area contributed by atoms with Gasteiger partial charge in [-0.25, -0.2) is 18.9 Å². The zero-order chi connectivity index (χ0) is 18.4. The predicted octanol–water partition coefficient (Wildman–Crippen LogP) is 2.49. The molecule has 0 spiro atoms. The topological polar surface area (TPSA) is 85.9 Å². The van der Waals surface area contributed by atoms with Crippen molar-refractivity contribution in [2.45, 2.75) is 13.0 Å². The lowest BCUT2D eigenvalue weighted by atomic mass is 10.0. The summed E-state index contributed by atoms with van der Waals surface area (Å²) in [6.45, 7) is 0.499. The lowest BCUT2D eigenvalue weighted by Gasteiger charge is -2.13. The summed E-state index contributed by atoms with van der Waals surface area (Å²) in [7, 11) is 0. The van der Waals surface area contributed by atoms with Crippen LogP contribution in [0.5, 0.6) is 5.75 Å². The molecule has 3 N–H and O–H groups in total. The molecule has 0 amide bonds. The number of hydrogen-bond donors (Lipinski definition) is 2. The fourth-order valence-corrected chi connectivity index (χ4v) is 2.59. The Bertz CT molecular complexity index is 947. The first-order valence-electron chi connectivity index (χ1n) is 8.11. The molecule has 0 atom stereocenters. The van der Waals surface area contributed by atoms with Gasteiger partial charge in [-0.3, -0.25) is 0 Å². The molecular formula is C19H19FN4O2. The Labute approximate surface area is 149 Å². The summed E-state index contributed by atoms with van der Waals surface area (Å²) in [5, 5.41) is 6.09. The van der Waals surface area contributed by atoms with Crippen molar-refractivity contribution in [1.82, 2.24) is 14.8 Å². The van der Waals surface area contributed by atoms with Crippen LogP contribution < -0.4 is 16.2 Å². The molecule has 7 heteroatoms. The molecule has 0 aliphatic rings. The van der Waals surface area contributed by atoms with Gasteiger partial charge in [-0.15, -0.1) is 0 Å². The second-order valence-corrected chi connectivity index (χ2v) is 5.74. The molecule has 0 fully saturated rings. The molecule has 134 valence electrons. The summed E-state index contributed by atoms with van der Waals surface area (Å²) in [5.74, 6) is 0.624. The molecule has 0 aliphatic carbocycles. The van der Waals surface area contributed by atoms with Crippen LogP contribution in [0.4, 0.5) is 4.39 Å². The number of benzene rings is 2. The third kappa shape index (κ3) is 4.07. The zero-order valence-electron chi connectivity index (χ0n) is 14.1. The Hall–Kier alpha value is -3.19. The molecule has 0 saturated carbocycles. The fraction of sp³-hybridized carbons (Fsp3) is 0.158. The summed E-state index contributed by atoms with van der Waals surface area (Å²) in [4.78, 5) is 11.9. The van der Waals surface area contributed by atoms with Crippen LogP contribution in [-0.4, -0.2) is 21.3 Å². The van der Waals surface area contributed by atoms with Crippen LogP contribution in [0.2, 0.25) is 0 Å². The number of H-pyrrole nitrogens is 1. The van der Waals surface area contributed by atoms with Crippen LogP contribution in [0.25, 0.3) is 5.69 Å². The SMILES string of the molecule is NC/C(=C/F)Cc1cc(OCc2ccccc2)ccc1-n1cn[nH]c1=O. The maximum atomic E-state index is 13.0. The minimum absolute atomic E-state index is 0.0886. The molecule has 3 rings (SSSR count). The predicted molar refractivity (Wildman–Crippen MR) is 96.9 cm³/mol. The van der Waals surface area contributed by atoms with Gasteiger partial charge in [0.25, 0.3) is 0 Å². The normalized spacial score (nSPS) is 11.5. The van der Waals surface area contributed by atoms with E-state index < -0.39 is 0 Å². The number of aromatic amines is 1. The van der Waals surface area contributed by atoms with Crippen molar-refractivity contribution in [2.75, 3.05) is 6.54 Å². The summed E-state index contributed by atoms with van der Waals surface area (Å²) in [6, 6.07) is 15.1. The van der Waals surface area contributed by atoms with E-state index in [9.17, 15) is 9.18 Å². The molecule has 1 aromatic heterocycles. The first kappa shape index (κ1) is 17.6. The van der Waals surface area contributed by atoms with Gasteiger partial charge in [0, 0.05) is 6.54 Å². The van der Waals surface area contributed by atoms with E-state index >= 15 is 0 Å². The van der Waals surface area contributed by atoms with Crippen LogP contribution in [0, 0.1) is 0 Å². The summed E-state index contributed by atoms with van der Waals surface area (Å²) < 4.78 is 20.2. The van der Waals surface area contributed by atoms with Crippen molar-refractivity contribution >= 4 is 0 Å². The third-order valence-corrected chi connectivity index (χ3v) is 3.95. The Morgan fingerprint density at radius 1 is 1.27 bits per heavy atom. The molecule has 2 aromatic carbocycles. The van der Waals surface area contributed by atoms with Crippen LogP contribution in [0.1, 0.15) is 11.1 Å². The second-order valence-electron chi connectivity index (χ2n) is 5.74. The van der Waals surface area contributed by atoms with E-state index in [0.717, 1.165) is 5.56 Å². The largest absolute Gasteiger partial charge is 0.489 e. The maximum Gasteiger partial charge on any atom is 0.347 e. The standard InChI is InChI=1S/C19H19FN4O2/c20-10-15(11-21)8-16-9-17(26-12-14-4-2-1-3-5-14)6-7-18(16)24-13-22-23-19(24)25/h1-7,9-10,13H,8,11-12,21H2,(H,23,25)/b15-10+. The average Bonchev–Trinajstić information content (AvgIpc) is 3.11. The van der Waals surface area contributed by atoms with Crippen molar-refractivity contribution in [3.05, 3.63) is 88.4 Å². The highest BCUT2D eigenvalue weighted by atomic mass is 19.1. The number of rotatable bonds is 7. The van der Waals surface area contributed by atoms with Gasteiger partial charge in [-0.2, -0.15) is 5.10 Å². The van der Waals surface area contributed by atoms with Gasteiger partial charge < -0.3 is 10.5 Å². The Balaban J connectivity index is 1.91. The van der Waals surface area contributed by atoms with E-state index in [-0.39, 0.29) is 18.7 Å². The smallest absolute Gasteiger partial charge is 0.347 e. The average molecular weight is 354 g/mol. The molecule has 6 nitrogen and oxygen atoms in total. The third-order valence-electron chi connectivity index (χ3n) is 3.95. The van der Waals surface area contributed by atoms with Gasteiger partial charge in [-0.05, 0) is 41.3 Å². The quantitative estimate of drug-likeness (QED) is 0.683. The number of hydrogen-bond acceptors (Lipinski definition) is 4. The minimum atomic E-state index is -0.372. The summed E-state index contributed by atoms with van der Waals surface area (Å²) in [5.41, 5.74) is 7.98. The lowest BCUT2D eigenvalue weighted by Crippen LogP contribution is -2.16. The van der Waals surface area contributed by atoms with E-state index in [1.54, 1.807) is 18.2 Å². The highest BCUT2D eigenvalue weighted by Crippen LogP contribution is 2.23. The molecule has 0 saturated heterocycles. The van der Waals surface area contributed by atoms with Crippen molar-refractivity contribution in [3.8, 4) is 11.4 Å². The molecular weight excluding hydrogens is 335 g/mol. The van der Waals surface area contributed by atoms with Crippen LogP contribution >= 0.6 is 0 Å². The van der Waals surface area contributed by atoms with E-state index in [4.69, 9.17) is 10.5 Å². The molecule has 0 aliphatic heterocycles. The maximum absolute atomic E-state index is 13.0. The number of halogens is 1. The van der Waals surface area contributed by atoms with Gasteiger partial charge in [0.05, 0.1) is 12.0 Å². The molecule has 3 aromatic rings. The number of aromatic nitrogens is 3. The monoisotopic (exact) mass is 354 g/mol. The first-order valence-corrected chi connectivity index (χ1v) is 8.11. The van der Waals surface area contributed by atoms with Crippen molar-refractivity contribution in [2.24, 2.45) is 5.73 Å². The van der Waals surface area contributed by atoms with Crippen LogP contribution in [0.3, 0.4) is 0 Å². The Morgan fingerprint density at radius 2 is 2.08 bits per heavy atom. The van der Waals surface area contributed by atoms with Gasteiger partial charge in [0.2, 0.25) is 0 Å². The number of ether oxygens (including phenoxy) is 1. The zero-order valence-corrected chi connectivity index (χ0v) is 14.1. The van der Waals surface area contributed by atoms with Crippen molar-refractivity contribution in [3.63, 3.8) is 0 Å². The second kappa shape index (κ2) is 8.26. The molecule has 0 radical (unpaired) electrons. The van der Waals surface area contributed by atoms with Crippen molar-refractivity contribution in [1.29, 1.82) is 0 Å². The van der Waals surface area contributed by atoms with Crippen LogP contribution in [-0.2, 0) is 13.0 Å². The van der Waals surface area contributed by atoms with E-state index in [1.165, 1.54) is 10.9 Å². The van der Waals surface area contributed by atoms with Gasteiger partial charge in [-0.1, -0.05) is 30.3 Å². The summed E-state index contributed by atoms with van der Waals surface area (Å²) in [6.07, 6.45) is 2.15. The van der Waals surface area contributed by atoms with E-state index in [0.29, 0.717) is 35.5 Å². The Kier molecular flexibility index (Phi) is 5.60. The number of nitrogens with two attached hydrogens (primary N) is 1. The summed E-state index contributed by atoms with van der Waals surface area (Å²) >= 11 is 0. The van der Waals surface area contributed by atoms with E-state index in [1.807, 2.05) is 30.3 Å². The highest BCUT2D eigenvalue weighted by molar-refractivity contribution is 5.47. The van der Waals surface area contributed by atoms with Gasteiger partial charge in [0.1, 0.15) is 18.7 Å². The van der Waals surface area contributed by atoms with Gasteiger partial charge in [0.15, 0.2) is 0 Å². The molecule has 0 unspecified atom stereocenters. The van der Waals surface area contributed by atoms with E-state index in [2.05, 4.69) is 10.2 Å². The molecule has 26 heavy (non-hydrogen) atoms. The lowest BCUT2D eigenvalue weighted by molar-refractivity contribution is 0.306. The Morgan fingerprint density at radius 3 is 2.73 bits per heavy atom.